The van der Waals surface area contributed by atoms with Gasteiger partial charge in [0.1, 0.15) is 5.75 Å². The van der Waals surface area contributed by atoms with Crippen LogP contribution in [0.1, 0.15) is 33.6 Å². The predicted octanol–water partition coefficient (Wildman–Crippen LogP) is 3.10. The van der Waals surface area contributed by atoms with Gasteiger partial charge in [-0.15, -0.1) is 0 Å². The summed E-state index contributed by atoms with van der Waals surface area (Å²) in [4.78, 5) is 12.0. The van der Waals surface area contributed by atoms with Crippen molar-refractivity contribution in [2.75, 3.05) is 5.73 Å². The summed E-state index contributed by atoms with van der Waals surface area (Å²) in [6.45, 7) is 5.83. The van der Waals surface area contributed by atoms with Crippen LogP contribution < -0.4 is 15.8 Å². The number of carbonyl (C=O) groups excluding carboxylic acids is 1. The van der Waals surface area contributed by atoms with E-state index in [-0.39, 0.29) is 11.9 Å². The van der Waals surface area contributed by atoms with Crippen LogP contribution in [0.15, 0.2) is 22.7 Å². The first-order chi connectivity index (χ1) is 8.96. The van der Waals surface area contributed by atoms with Gasteiger partial charge >= 0.3 is 0 Å². The summed E-state index contributed by atoms with van der Waals surface area (Å²) in [5, 5.41) is 2.96. The molecule has 1 amide bonds. The molecule has 0 aliphatic carbocycles. The number of carbonyl (C=O) groups is 1. The molecule has 0 aromatic heterocycles. The van der Waals surface area contributed by atoms with E-state index in [1.54, 1.807) is 25.1 Å². The van der Waals surface area contributed by atoms with E-state index in [1.165, 1.54) is 0 Å². The Morgan fingerprint density at radius 1 is 1.37 bits per heavy atom. The lowest BCUT2D eigenvalue weighted by molar-refractivity contribution is -0.128. The minimum absolute atomic E-state index is 0.104. The van der Waals surface area contributed by atoms with Gasteiger partial charge in [0, 0.05) is 22.3 Å². The van der Waals surface area contributed by atoms with E-state index in [4.69, 9.17) is 10.5 Å². The molecule has 3 N–H and O–H groups in total. The Hall–Kier alpha value is -1.23. The number of amides is 1. The number of nitrogens with two attached hydrogens (primary N) is 1. The van der Waals surface area contributed by atoms with E-state index in [2.05, 4.69) is 35.1 Å². The third-order valence-electron chi connectivity index (χ3n) is 2.91. The average Bonchev–Trinajstić information content (AvgIpc) is 2.34. The van der Waals surface area contributed by atoms with Crippen LogP contribution >= 0.6 is 15.9 Å². The van der Waals surface area contributed by atoms with E-state index in [9.17, 15) is 4.79 Å². The van der Waals surface area contributed by atoms with Crippen molar-refractivity contribution < 1.29 is 9.53 Å². The highest BCUT2D eigenvalue weighted by atomic mass is 79.9. The number of rotatable bonds is 6. The maximum Gasteiger partial charge on any atom is 0.260 e. The van der Waals surface area contributed by atoms with Crippen molar-refractivity contribution in [3.8, 4) is 5.75 Å². The molecule has 0 heterocycles. The second kappa shape index (κ2) is 7.38. The minimum Gasteiger partial charge on any atom is -0.481 e. The Morgan fingerprint density at radius 3 is 2.53 bits per heavy atom. The second-order valence-electron chi connectivity index (χ2n) is 4.50. The molecular formula is C14H21BrN2O2. The SMILES string of the molecule is CCC(CC)NC(=O)C(C)Oc1cc(N)cc(Br)c1. The van der Waals surface area contributed by atoms with Gasteiger partial charge in [-0.2, -0.15) is 0 Å². The van der Waals surface area contributed by atoms with Gasteiger partial charge in [-0.1, -0.05) is 29.8 Å². The number of nitrogen functional groups attached to an aromatic ring is 1. The minimum atomic E-state index is -0.547. The van der Waals surface area contributed by atoms with Gasteiger partial charge in [0.05, 0.1) is 0 Å². The molecule has 0 spiro atoms. The summed E-state index contributed by atoms with van der Waals surface area (Å²) in [6, 6.07) is 5.47. The molecule has 4 nitrogen and oxygen atoms in total. The quantitative estimate of drug-likeness (QED) is 0.788. The van der Waals surface area contributed by atoms with Crippen LogP contribution in [0.5, 0.6) is 5.75 Å². The lowest BCUT2D eigenvalue weighted by atomic mass is 10.1. The van der Waals surface area contributed by atoms with E-state index < -0.39 is 6.10 Å². The van der Waals surface area contributed by atoms with Crippen LogP contribution in [0.3, 0.4) is 0 Å². The molecule has 106 valence electrons. The zero-order chi connectivity index (χ0) is 14.4. The molecule has 0 aliphatic heterocycles. The molecule has 0 saturated heterocycles. The Labute approximate surface area is 122 Å². The maximum absolute atomic E-state index is 12.0. The van der Waals surface area contributed by atoms with E-state index in [0.717, 1.165) is 17.3 Å². The Bertz CT molecular complexity index is 413. The summed E-state index contributed by atoms with van der Waals surface area (Å²) < 4.78 is 6.43. The fourth-order valence-electron chi connectivity index (χ4n) is 1.72. The predicted molar refractivity (Wildman–Crippen MR) is 81.2 cm³/mol. The van der Waals surface area contributed by atoms with E-state index in [1.807, 2.05) is 0 Å². The third-order valence-corrected chi connectivity index (χ3v) is 3.37. The molecular weight excluding hydrogens is 308 g/mol. The molecule has 0 aliphatic rings. The molecule has 0 saturated carbocycles. The Kier molecular flexibility index (Phi) is 6.15. The largest absolute Gasteiger partial charge is 0.481 e. The lowest BCUT2D eigenvalue weighted by Crippen LogP contribution is -2.42. The number of ether oxygens (including phenoxy) is 1. The Balaban J connectivity index is 2.63. The van der Waals surface area contributed by atoms with Gasteiger partial charge < -0.3 is 15.8 Å². The van der Waals surface area contributed by atoms with E-state index in [0.29, 0.717) is 11.4 Å². The molecule has 19 heavy (non-hydrogen) atoms. The molecule has 0 bridgehead atoms. The summed E-state index contributed by atoms with van der Waals surface area (Å²) in [7, 11) is 0. The topological polar surface area (TPSA) is 64.3 Å². The number of anilines is 1. The zero-order valence-corrected chi connectivity index (χ0v) is 13.2. The molecule has 0 fully saturated rings. The molecule has 1 aromatic carbocycles. The average molecular weight is 329 g/mol. The number of hydrogen-bond donors (Lipinski definition) is 2. The number of hydrogen-bond acceptors (Lipinski definition) is 3. The first-order valence-electron chi connectivity index (χ1n) is 6.49. The highest BCUT2D eigenvalue weighted by Gasteiger charge is 2.17. The zero-order valence-electron chi connectivity index (χ0n) is 11.6. The highest BCUT2D eigenvalue weighted by molar-refractivity contribution is 9.10. The number of nitrogens with one attached hydrogen (secondary N) is 1. The van der Waals surface area contributed by atoms with Crippen molar-refractivity contribution in [3.05, 3.63) is 22.7 Å². The first kappa shape index (κ1) is 15.8. The van der Waals surface area contributed by atoms with Gasteiger partial charge in [-0.25, -0.2) is 0 Å². The molecule has 1 atom stereocenters. The number of halogens is 1. The fraction of sp³-hybridized carbons (Fsp3) is 0.500. The normalized spacial score (nSPS) is 12.3. The van der Waals surface area contributed by atoms with Gasteiger partial charge in [0.15, 0.2) is 6.10 Å². The highest BCUT2D eigenvalue weighted by Crippen LogP contribution is 2.23. The monoisotopic (exact) mass is 328 g/mol. The third kappa shape index (κ3) is 5.11. The standard InChI is InChI=1S/C14H21BrN2O2/c1-4-12(5-2)17-14(18)9(3)19-13-7-10(15)6-11(16)8-13/h6-9,12H,4-5,16H2,1-3H3,(H,17,18). The number of benzene rings is 1. The van der Waals surface area contributed by atoms with Crippen LogP contribution in [-0.2, 0) is 4.79 Å². The summed E-state index contributed by atoms with van der Waals surface area (Å²) >= 11 is 3.34. The van der Waals surface area contributed by atoms with Crippen LogP contribution in [0.4, 0.5) is 5.69 Å². The van der Waals surface area contributed by atoms with Crippen molar-refractivity contribution in [2.24, 2.45) is 0 Å². The van der Waals surface area contributed by atoms with E-state index >= 15 is 0 Å². The molecule has 1 unspecified atom stereocenters. The van der Waals surface area contributed by atoms with Crippen molar-refractivity contribution in [1.29, 1.82) is 0 Å². The molecule has 0 radical (unpaired) electrons. The molecule has 1 rings (SSSR count). The van der Waals surface area contributed by atoms with Crippen molar-refractivity contribution in [3.63, 3.8) is 0 Å². The Morgan fingerprint density at radius 2 is 2.00 bits per heavy atom. The maximum atomic E-state index is 12.0. The molecule has 1 aromatic rings. The summed E-state index contributed by atoms with van der Waals surface area (Å²) in [5.41, 5.74) is 6.32. The molecule has 5 heteroatoms. The van der Waals surface area contributed by atoms with Crippen molar-refractivity contribution in [2.45, 2.75) is 45.8 Å². The van der Waals surface area contributed by atoms with Crippen LogP contribution in [-0.4, -0.2) is 18.1 Å². The van der Waals surface area contributed by atoms with Crippen LogP contribution in [0.2, 0.25) is 0 Å². The second-order valence-corrected chi connectivity index (χ2v) is 5.42. The van der Waals surface area contributed by atoms with Gasteiger partial charge in [0.2, 0.25) is 0 Å². The van der Waals surface area contributed by atoms with Crippen LogP contribution in [0.25, 0.3) is 0 Å². The van der Waals surface area contributed by atoms with Crippen molar-refractivity contribution >= 4 is 27.5 Å². The van der Waals surface area contributed by atoms with Gasteiger partial charge in [-0.3, -0.25) is 4.79 Å². The van der Waals surface area contributed by atoms with Gasteiger partial charge in [-0.05, 0) is 31.9 Å². The fourth-order valence-corrected chi connectivity index (χ4v) is 2.21. The van der Waals surface area contributed by atoms with Gasteiger partial charge in [0.25, 0.3) is 5.91 Å². The van der Waals surface area contributed by atoms with Crippen molar-refractivity contribution in [1.82, 2.24) is 5.32 Å². The summed E-state index contributed by atoms with van der Waals surface area (Å²) in [6.07, 6.45) is 1.28. The summed E-state index contributed by atoms with van der Waals surface area (Å²) in [5.74, 6) is 0.478. The first-order valence-corrected chi connectivity index (χ1v) is 7.28. The lowest BCUT2D eigenvalue weighted by Gasteiger charge is -2.19. The van der Waals surface area contributed by atoms with Crippen LogP contribution in [0, 0.1) is 0 Å². The smallest absolute Gasteiger partial charge is 0.260 e.